The topological polar surface area (TPSA) is 89.9 Å². The summed E-state index contributed by atoms with van der Waals surface area (Å²) in [5, 5.41) is 2.49. The van der Waals surface area contributed by atoms with Gasteiger partial charge in [-0.2, -0.15) is 9.97 Å². The van der Waals surface area contributed by atoms with Gasteiger partial charge in [0.25, 0.3) is 0 Å². The second kappa shape index (κ2) is 14.1. The lowest BCUT2D eigenvalue weighted by Gasteiger charge is -2.33. The van der Waals surface area contributed by atoms with Crippen molar-refractivity contribution in [3.8, 4) is 23.0 Å². The van der Waals surface area contributed by atoms with Gasteiger partial charge in [-0.3, -0.25) is 9.88 Å². The number of aldehydes is 1. The molecule has 4 heterocycles. The van der Waals surface area contributed by atoms with Gasteiger partial charge >= 0.3 is 6.01 Å². The van der Waals surface area contributed by atoms with E-state index < -0.39 is 5.82 Å². The van der Waals surface area contributed by atoms with E-state index in [2.05, 4.69) is 22.8 Å². The Morgan fingerprint density at radius 2 is 1.94 bits per heavy atom. The van der Waals surface area contributed by atoms with Crippen molar-refractivity contribution < 1.29 is 23.4 Å². The molecule has 2 aliphatic heterocycles. The fourth-order valence-corrected chi connectivity index (χ4v) is 7.99. The summed E-state index contributed by atoms with van der Waals surface area (Å²) in [4.78, 5) is 30.0. The van der Waals surface area contributed by atoms with E-state index in [1.165, 1.54) is 19.3 Å². The van der Waals surface area contributed by atoms with Crippen molar-refractivity contribution in [1.82, 2.24) is 19.9 Å². The van der Waals surface area contributed by atoms with Crippen molar-refractivity contribution in [2.75, 3.05) is 51.6 Å². The summed E-state index contributed by atoms with van der Waals surface area (Å²) in [5.74, 6) is 2.02. The Morgan fingerprint density at radius 1 is 1.09 bits per heavy atom. The predicted octanol–water partition coefficient (Wildman–Crippen LogP) is 6.59. The minimum atomic E-state index is -0.497. The maximum Gasteiger partial charge on any atom is 0.319 e. The highest BCUT2D eigenvalue weighted by Gasteiger charge is 2.35. The monoisotopic (exact) mass is 641 g/mol. The fraction of sp³-hybridized carbons (Fsp3) is 0.514. The van der Waals surface area contributed by atoms with Crippen LogP contribution in [-0.4, -0.2) is 78.9 Å². The molecule has 1 saturated carbocycles. The Hall–Kier alpha value is -3.89. The zero-order valence-corrected chi connectivity index (χ0v) is 27.4. The van der Waals surface area contributed by atoms with Crippen molar-refractivity contribution in [1.29, 1.82) is 0 Å². The molecule has 3 aliphatic rings. The van der Waals surface area contributed by atoms with E-state index in [4.69, 9.17) is 29.2 Å². The molecular formula is C37H44FN5O4. The summed E-state index contributed by atoms with van der Waals surface area (Å²) < 4.78 is 34.4. The number of unbranched alkanes of at least 4 members (excludes halogenated alkanes) is 1. The van der Waals surface area contributed by atoms with E-state index in [9.17, 15) is 4.79 Å². The highest BCUT2D eigenvalue weighted by atomic mass is 19.1. The third kappa shape index (κ3) is 6.50. The number of nitrogens with zero attached hydrogens (tertiary/aromatic N) is 5. The van der Waals surface area contributed by atoms with Crippen LogP contribution in [0.15, 0.2) is 36.5 Å². The number of fused-ring (bicyclic) bond motifs is 4. The number of carbonyl (C=O) groups is 1. The number of likely N-dealkylation sites (tertiary alicyclic amines) is 1. The number of hydrogen-bond donors (Lipinski definition) is 0. The number of aryl methyl sites for hydroxylation is 1. The van der Waals surface area contributed by atoms with Crippen LogP contribution in [0.5, 0.6) is 11.8 Å². The minimum absolute atomic E-state index is 0.0800. The summed E-state index contributed by atoms with van der Waals surface area (Å²) in [7, 11) is 1.57. The molecule has 1 aliphatic carbocycles. The number of methoxy groups -OCH3 is 1. The lowest BCUT2D eigenvalue weighted by molar-refractivity contribution is -0.108. The van der Waals surface area contributed by atoms with Gasteiger partial charge in [0.2, 0.25) is 0 Å². The molecule has 3 atom stereocenters. The lowest BCUT2D eigenvalue weighted by Crippen LogP contribution is -2.37. The molecule has 4 aromatic rings. The molecule has 2 aromatic carbocycles. The molecule has 0 amide bonds. The predicted molar refractivity (Wildman–Crippen MR) is 181 cm³/mol. The average Bonchev–Trinajstić information content (AvgIpc) is 3.69. The maximum absolute atomic E-state index is 17.0. The van der Waals surface area contributed by atoms with Gasteiger partial charge in [-0.05, 0) is 98.3 Å². The molecule has 47 heavy (non-hydrogen) atoms. The quantitative estimate of drug-likeness (QED) is 0.0912. The van der Waals surface area contributed by atoms with Crippen LogP contribution < -0.4 is 14.4 Å². The first-order valence-corrected chi connectivity index (χ1v) is 17.2. The molecule has 2 saturated heterocycles. The van der Waals surface area contributed by atoms with Crippen LogP contribution in [-0.2, 0) is 16.0 Å². The van der Waals surface area contributed by atoms with Crippen molar-refractivity contribution in [2.24, 2.45) is 11.8 Å². The zero-order valence-electron chi connectivity index (χ0n) is 27.4. The van der Waals surface area contributed by atoms with Crippen LogP contribution in [0, 0.1) is 17.7 Å². The van der Waals surface area contributed by atoms with Gasteiger partial charge in [0.1, 0.15) is 35.7 Å². The highest BCUT2D eigenvalue weighted by molar-refractivity contribution is 6.01. The molecular weight excluding hydrogens is 597 g/mol. The Labute approximate surface area is 275 Å². The number of benzene rings is 2. The first-order valence-electron chi connectivity index (χ1n) is 17.2. The van der Waals surface area contributed by atoms with Crippen LogP contribution in [0.4, 0.5) is 10.2 Å². The summed E-state index contributed by atoms with van der Waals surface area (Å²) in [6.07, 6.45) is 10.7. The molecule has 0 radical (unpaired) electrons. The molecule has 0 spiro atoms. The molecule has 10 heteroatoms. The van der Waals surface area contributed by atoms with Crippen LogP contribution in [0.2, 0.25) is 0 Å². The maximum atomic E-state index is 17.0. The number of anilines is 1. The van der Waals surface area contributed by atoms with Crippen molar-refractivity contribution in [2.45, 2.75) is 64.3 Å². The Kier molecular flexibility index (Phi) is 9.49. The first-order chi connectivity index (χ1) is 23.1. The smallest absolute Gasteiger partial charge is 0.319 e. The highest BCUT2D eigenvalue weighted by Crippen LogP contribution is 2.42. The van der Waals surface area contributed by atoms with Crippen molar-refractivity contribution >= 4 is 33.8 Å². The minimum Gasteiger partial charge on any atom is -0.468 e. The van der Waals surface area contributed by atoms with Crippen LogP contribution in [0.1, 0.15) is 57.4 Å². The Balaban J connectivity index is 1.31. The molecule has 2 bridgehead atoms. The number of ether oxygens (including phenoxy) is 3. The number of pyridine rings is 1. The largest absolute Gasteiger partial charge is 0.468 e. The van der Waals surface area contributed by atoms with Gasteiger partial charge < -0.3 is 23.9 Å². The molecule has 0 N–H and O–H groups in total. The number of aromatic nitrogens is 3. The standard InChI is InChI=1S/C37H44FN5O4/c1-3-26-8-6-9-27-17-29(47-23-45-2)18-30(32(26)27)34-33(38)35-31(19-39-34)36(43-20-24-11-12-25(16-24)21-43)41-37(40-35)46-22-28-10-7-14-42(28)13-4-5-15-44/h6,8-9,15,17-19,24-25,28H,3-5,7,10-14,16,20-23H2,1-2H3/t24?,25?,28-/m0/s1. The summed E-state index contributed by atoms with van der Waals surface area (Å²) >= 11 is 0. The number of rotatable bonds is 13. The van der Waals surface area contributed by atoms with Gasteiger partial charge in [0, 0.05) is 44.4 Å². The van der Waals surface area contributed by atoms with Crippen LogP contribution in [0.3, 0.4) is 0 Å². The van der Waals surface area contributed by atoms with E-state index in [0.717, 1.165) is 74.5 Å². The molecule has 248 valence electrons. The fourth-order valence-electron chi connectivity index (χ4n) is 7.99. The van der Waals surface area contributed by atoms with Gasteiger partial charge in [0.15, 0.2) is 12.6 Å². The lowest BCUT2D eigenvalue weighted by atomic mass is 9.95. The van der Waals surface area contributed by atoms with Gasteiger partial charge in [0.05, 0.1) is 5.39 Å². The molecule has 2 aromatic heterocycles. The second-order valence-electron chi connectivity index (χ2n) is 13.3. The second-order valence-corrected chi connectivity index (χ2v) is 13.3. The molecule has 3 fully saturated rings. The SMILES string of the molecule is CCc1cccc2cc(OCOC)cc(-c3ncc4c(N5CC6CCC(C6)C5)nc(OC[C@@H]5CCCN5CCCC=O)nc4c3F)c12. The third-order valence-electron chi connectivity index (χ3n) is 10.2. The number of hydrogen-bond acceptors (Lipinski definition) is 9. The third-order valence-corrected chi connectivity index (χ3v) is 10.2. The van der Waals surface area contributed by atoms with Gasteiger partial charge in [-0.1, -0.05) is 25.1 Å². The van der Waals surface area contributed by atoms with E-state index >= 15 is 4.39 Å². The Morgan fingerprint density at radius 3 is 2.72 bits per heavy atom. The van der Waals surface area contributed by atoms with E-state index in [1.807, 2.05) is 24.3 Å². The molecule has 7 rings (SSSR count). The normalized spacial score (nSPS) is 21.2. The Bertz CT molecular complexity index is 1740. The van der Waals surface area contributed by atoms with E-state index in [1.54, 1.807) is 13.3 Å². The summed E-state index contributed by atoms with van der Waals surface area (Å²) in [6.45, 7) is 6.22. The van der Waals surface area contributed by atoms with Crippen LogP contribution >= 0.6 is 0 Å². The number of halogens is 1. The van der Waals surface area contributed by atoms with Crippen molar-refractivity contribution in [3.05, 3.63) is 47.9 Å². The number of piperidine rings is 1. The first kappa shape index (κ1) is 31.7. The zero-order chi connectivity index (χ0) is 32.3. The molecule has 2 unspecified atom stereocenters. The summed E-state index contributed by atoms with van der Waals surface area (Å²) in [5.41, 5.74) is 2.19. The van der Waals surface area contributed by atoms with Crippen LogP contribution in [0.25, 0.3) is 32.9 Å². The summed E-state index contributed by atoms with van der Waals surface area (Å²) in [6, 6.07) is 10.3. The van der Waals surface area contributed by atoms with E-state index in [0.29, 0.717) is 47.4 Å². The van der Waals surface area contributed by atoms with E-state index in [-0.39, 0.29) is 30.1 Å². The molecule has 9 nitrogen and oxygen atoms in total. The van der Waals surface area contributed by atoms with Gasteiger partial charge in [-0.15, -0.1) is 0 Å². The van der Waals surface area contributed by atoms with Gasteiger partial charge in [-0.25, -0.2) is 4.39 Å². The van der Waals surface area contributed by atoms with Crippen molar-refractivity contribution in [3.63, 3.8) is 0 Å². The number of carbonyl (C=O) groups excluding carboxylic acids is 1. The average molecular weight is 642 g/mol.